The number of nitrogens with zero attached hydrogens (tertiary/aromatic N) is 2. The van der Waals surface area contributed by atoms with E-state index in [0.717, 1.165) is 0 Å². The van der Waals surface area contributed by atoms with Crippen LogP contribution >= 0.6 is 11.6 Å². The van der Waals surface area contributed by atoms with Crippen LogP contribution in [-0.4, -0.2) is 15.0 Å². The lowest BCUT2D eigenvalue weighted by Gasteiger charge is -2.12. The number of benzene rings is 1. The van der Waals surface area contributed by atoms with Crippen LogP contribution in [0.2, 0.25) is 5.02 Å². The maximum absolute atomic E-state index is 11.0. The minimum Gasteiger partial charge on any atom is -0.430 e. The van der Waals surface area contributed by atoms with Gasteiger partial charge in [0.15, 0.2) is 0 Å². The first kappa shape index (κ1) is 14.2. The van der Waals surface area contributed by atoms with Crippen molar-refractivity contribution in [3.05, 3.63) is 57.2 Å². The zero-order valence-electron chi connectivity index (χ0n) is 10.5. The number of hydrogen-bond donors (Lipinski definition) is 1. The molecule has 2 aromatic rings. The molecule has 6 nitrogen and oxygen atoms in total. The summed E-state index contributed by atoms with van der Waals surface area (Å²) in [7, 11) is 0. The second-order valence-electron chi connectivity index (χ2n) is 4.02. The van der Waals surface area contributed by atoms with Gasteiger partial charge in [-0.3, -0.25) is 10.1 Å². The number of rotatable bonds is 4. The summed E-state index contributed by atoms with van der Waals surface area (Å²) in [6, 6.07) is 7.48. The summed E-state index contributed by atoms with van der Waals surface area (Å²) in [5.41, 5.74) is 0.154. The number of aromatic nitrogens is 1. The van der Waals surface area contributed by atoms with Gasteiger partial charge < -0.3 is 9.84 Å². The Balaban J connectivity index is 2.48. The number of hydrogen-bond acceptors (Lipinski definition) is 5. The molecule has 0 aliphatic carbocycles. The minimum atomic E-state index is -0.819. The Morgan fingerprint density at radius 3 is 2.80 bits per heavy atom. The van der Waals surface area contributed by atoms with Gasteiger partial charge >= 0.3 is 5.69 Å². The van der Waals surface area contributed by atoms with Gasteiger partial charge in [-0.25, -0.2) is 4.98 Å². The summed E-state index contributed by atoms with van der Waals surface area (Å²) in [5, 5.41) is 20.7. The number of ether oxygens (including phenoxy) is 1. The molecule has 0 saturated heterocycles. The van der Waals surface area contributed by atoms with Gasteiger partial charge in [0, 0.05) is 17.8 Å². The van der Waals surface area contributed by atoms with E-state index >= 15 is 0 Å². The maximum Gasteiger partial charge on any atom is 0.313 e. The van der Waals surface area contributed by atoms with Crippen molar-refractivity contribution in [2.45, 2.75) is 13.0 Å². The van der Waals surface area contributed by atoms with Crippen LogP contribution < -0.4 is 4.74 Å². The SMILES string of the molecule is C[C@H](O)c1cccnc1Oc1c(Cl)cccc1[N+](=O)[O-]. The van der Waals surface area contributed by atoms with Gasteiger partial charge in [0.25, 0.3) is 0 Å². The fraction of sp³-hybridized carbons (Fsp3) is 0.154. The topological polar surface area (TPSA) is 85.5 Å². The number of nitro benzene ring substituents is 1. The van der Waals surface area contributed by atoms with E-state index in [0.29, 0.717) is 5.56 Å². The molecule has 1 aromatic carbocycles. The highest BCUT2D eigenvalue weighted by Crippen LogP contribution is 2.38. The van der Waals surface area contributed by atoms with Gasteiger partial charge in [0.1, 0.15) is 0 Å². The highest BCUT2D eigenvalue weighted by atomic mass is 35.5. The number of aliphatic hydroxyl groups excluding tert-OH is 1. The molecule has 1 heterocycles. The van der Waals surface area contributed by atoms with Crippen molar-refractivity contribution in [2.75, 3.05) is 0 Å². The van der Waals surface area contributed by atoms with Crippen LogP contribution in [0.15, 0.2) is 36.5 Å². The van der Waals surface area contributed by atoms with E-state index < -0.39 is 11.0 Å². The molecule has 0 spiro atoms. The number of aliphatic hydroxyl groups is 1. The largest absolute Gasteiger partial charge is 0.430 e. The predicted molar refractivity (Wildman–Crippen MR) is 73.1 cm³/mol. The molecule has 0 fully saturated rings. The summed E-state index contributed by atoms with van der Waals surface area (Å²) < 4.78 is 5.45. The van der Waals surface area contributed by atoms with Crippen LogP contribution in [-0.2, 0) is 0 Å². The molecule has 0 unspecified atom stereocenters. The van der Waals surface area contributed by atoms with E-state index in [4.69, 9.17) is 16.3 Å². The zero-order valence-corrected chi connectivity index (χ0v) is 11.2. The Hall–Kier alpha value is -2.18. The zero-order chi connectivity index (χ0) is 14.7. The average Bonchev–Trinajstić information content (AvgIpc) is 2.41. The lowest BCUT2D eigenvalue weighted by atomic mass is 10.2. The Morgan fingerprint density at radius 2 is 2.15 bits per heavy atom. The molecule has 0 saturated carbocycles. The van der Waals surface area contributed by atoms with Gasteiger partial charge in [0.2, 0.25) is 11.6 Å². The van der Waals surface area contributed by atoms with E-state index in [1.165, 1.54) is 24.4 Å². The molecule has 0 amide bonds. The molecular weight excluding hydrogens is 284 g/mol. The molecule has 0 aliphatic rings. The lowest BCUT2D eigenvalue weighted by Crippen LogP contribution is -2.00. The fourth-order valence-corrected chi connectivity index (χ4v) is 1.85. The molecule has 20 heavy (non-hydrogen) atoms. The van der Waals surface area contributed by atoms with Gasteiger partial charge in [-0.1, -0.05) is 17.7 Å². The van der Waals surface area contributed by atoms with Crippen molar-refractivity contribution in [1.82, 2.24) is 4.98 Å². The Labute approximate surface area is 119 Å². The van der Waals surface area contributed by atoms with E-state index in [1.54, 1.807) is 19.1 Å². The Morgan fingerprint density at radius 1 is 1.40 bits per heavy atom. The number of halogens is 1. The average molecular weight is 295 g/mol. The smallest absolute Gasteiger partial charge is 0.313 e. The standard InChI is InChI=1S/C13H11ClN2O4/c1-8(17)9-4-3-7-15-13(9)20-12-10(14)5-2-6-11(12)16(18)19/h2-8,17H,1H3/t8-/m0/s1. The first-order valence-electron chi connectivity index (χ1n) is 5.74. The third-order valence-corrected chi connectivity index (χ3v) is 2.89. The normalized spacial score (nSPS) is 11.9. The van der Waals surface area contributed by atoms with Crippen molar-refractivity contribution in [3.63, 3.8) is 0 Å². The third kappa shape index (κ3) is 2.87. The van der Waals surface area contributed by atoms with Crippen LogP contribution in [0.25, 0.3) is 0 Å². The second-order valence-corrected chi connectivity index (χ2v) is 4.43. The molecular formula is C13H11ClN2O4. The minimum absolute atomic E-state index is 0.0821. The monoisotopic (exact) mass is 294 g/mol. The molecule has 2 rings (SSSR count). The van der Waals surface area contributed by atoms with Gasteiger partial charge in [0.05, 0.1) is 16.0 Å². The Kier molecular flexibility index (Phi) is 4.16. The second kappa shape index (κ2) is 5.85. The number of pyridine rings is 1. The van der Waals surface area contributed by atoms with Crippen LogP contribution in [0.5, 0.6) is 11.6 Å². The first-order valence-corrected chi connectivity index (χ1v) is 6.12. The van der Waals surface area contributed by atoms with Crippen LogP contribution in [0.3, 0.4) is 0 Å². The number of nitro groups is 1. The lowest BCUT2D eigenvalue weighted by molar-refractivity contribution is -0.385. The third-order valence-electron chi connectivity index (χ3n) is 2.59. The van der Waals surface area contributed by atoms with Crippen LogP contribution in [0.1, 0.15) is 18.6 Å². The van der Waals surface area contributed by atoms with Crippen molar-refractivity contribution < 1.29 is 14.8 Å². The Bertz CT molecular complexity index is 646. The maximum atomic E-state index is 11.0. The van der Waals surface area contributed by atoms with Gasteiger partial charge in [-0.2, -0.15) is 0 Å². The summed E-state index contributed by atoms with van der Waals surface area (Å²) in [6.45, 7) is 1.55. The van der Waals surface area contributed by atoms with Gasteiger partial charge in [-0.15, -0.1) is 0 Å². The molecule has 1 N–H and O–H groups in total. The highest BCUT2D eigenvalue weighted by molar-refractivity contribution is 6.32. The van der Waals surface area contributed by atoms with E-state index in [9.17, 15) is 15.2 Å². The molecule has 7 heteroatoms. The molecule has 1 aromatic heterocycles. The van der Waals surface area contributed by atoms with Crippen molar-refractivity contribution in [3.8, 4) is 11.6 Å². The first-order chi connectivity index (χ1) is 9.50. The molecule has 104 valence electrons. The van der Waals surface area contributed by atoms with E-state index in [-0.39, 0.29) is 22.3 Å². The molecule has 0 radical (unpaired) electrons. The van der Waals surface area contributed by atoms with Crippen molar-refractivity contribution >= 4 is 17.3 Å². The summed E-state index contributed by atoms with van der Waals surface area (Å²) in [6.07, 6.45) is 0.643. The van der Waals surface area contributed by atoms with Crippen LogP contribution in [0, 0.1) is 10.1 Å². The number of para-hydroxylation sites is 1. The van der Waals surface area contributed by atoms with Crippen LogP contribution in [0.4, 0.5) is 5.69 Å². The molecule has 0 aliphatic heterocycles. The molecule has 1 atom stereocenters. The van der Waals surface area contributed by atoms with Gasteiger partial charge in [-0.05, 0) is 25.1 Å². The highest BCUT2D eigenvalue weighted by Gasteiger charge is 2.21. The predicted octanol–water partition coefficient (Wildman–Crippen LogP) is 3.49. The summed E-state index contributed by atoms with van der Waals surface area (Å²) in [4.78, 5) is 14.4. The summed E-state index contributed by atoms with van der Waals surface area (Å²) >= 11 is 5.94. The van der Waals surface area contributed by atoms with E-state index in [1.807, 2.05) is 0 Å². The fourth-order valence-electron chi connectivity index (χ4n) is 1.65. The summed E-state index contributed by atoms with van der Waals surface area (Å²) in [5.74, 6) is -0.0153. The van der Waals surface area contributed by atoms with Crippen molar-refractivity contribution in [2.24, 2.45) is 0 Å². The van der Waals surface area contributed by atoms with Crippen molar-refractivity contribution in [1.29, 1.82) is 0 Å². The van der Waals surface area contributed by atoms with E-state index in [2.05, 4.69) is 4.98 Å². The molecule has 0 bridgehead atoms. The quantitative estimate of drug-likeness (QED) is 0.689.